The monoisotopic (exact) mass is 529 g/mol. The summed E-state index contributed by atoms with van der Waals surface area (Å²) < 4.78 is 16.9. The highest BCUT2D eigenvalue weighted by Gasteiger charge is 2.46. The van der Waals surface area contributed by atoms with Gasteiger partial charge in [-0.3, -0.25) is 9.69 Å². The zero-order valence-corrected chi connectivity index (χ0v) is 22.0. The van der Waals surface area contributed by atoms with E-state index in [0.717, 1.165) is 11.1 Å². The first-order valence-corrected chi connectivity index (χ1v) is 12.9. The van der Waals surface area contributed by atoms with Gasteiger partial charge in [-0.1, -0.05) is 45.1 Å². The van der Waals surface area contributed by atoms with Crippen molar-refractivity contribution in [2.45, 2.75) is 71.3 Å². The van der Waals surface area contributed by atoms with Gasteiger partial charge in [0.15, 0.2) is 0 Å². The minimum absolute atomic E-state index is 0.0460. The van der Waals surface area contributed by atoms with Crippen LogP contribution in [0.5, 0.6) is 5.75 Å². The first kappa shape index (κ1) is 27.3. The first-order valence-electron chi connectivity index (χ1n) is 12.9. The molecule has 1 aromatic carbocycles. The lowest BCUT2D eigenvalue weighted by atomic mass is 9.85. The molecular formula is C27H35N3O8. The van der Waals surface area contributed by atoms with Gasteiger partial charge in [0.2, 0.25) is 5.91 Å². The van der Waals surface area contributed by atoms with Crippen molar-refractivity contribution < 1.29 is 38.5 Å². The third-order valence-electron chi connectivity index (χ3n) is 6.92. The van der Waals surface area contributed by atoms with Crippen LogP contribution in [0.15, 0.2) is 30.4 Å². The molecule has 11 heteroatoms. The van der Waals surface area contributed by atoms with Gasteiger partial charge in [0, 0.05) is 18.5 Å². The van der Waals surface area contributed by atoms with Gasteiger partial charge in [-0.25, -0.2) is 14.4 Å². The molecule has 11 nitrogen and oxygen atoms in total. The number of carboxylic acids is 1. The number of allylic oxidation sites excluding steroid dienone is 1. The highest BCUT2D eigenvalue weighted by atomic mass is 16.6. The number of fused-ring (bicyclic) bond motifs is 3. The summed E-state index contributed by atoms with van der Waals surface area (Å²) in [5.74, 6) is -1.08. The van der Waals surface area contributed by atoms with Gasteiger partial charge in [0.25, 0.3) is 0 Å². The normalized spacial score (nSPS) is 26.0. The quantitative estimate of drug-likeness (QED) is 0.530. The van der Waals surface area contributed by atoms with E-state index in [2.05, 4.69) is 5.32 Å². The molecule has 38 heavy (non-hydrogen) atoms. The topological polar surface area (TPSA) is 135 Å². The molecule has 1 unspecified atom stereocenters. The van der Waals surface area contributed by atoms with E-state index in [9.17, 15) is 24.3 Å². The van der Waals surface area contributed by atoms with E-state index in [1.165, 1.54) is 9.80 Å². The van der Waals surface area contributed by atoms with Crippen LogP contribution in [0.2, 0.25) is 0 Å². The summed E-state index contributed by atoms with van der Waals surface area (Å²) in [6, 6.07) is 3.43. The van der Waals surface area contributed by atoms with E-state index < -0.39 is 47.7 Å². The molecule has 0 spiro atoms. The molecule has 2 N–H and O–H groups in total. The van der Waals surface area contributed by atoms with Crippen molar-refractivity contribution in [1.82, 2.24) is 15.1 Å². The van der Waals surface area contributed by atoms with Crippen molar-refractivity contribution >= 4 is 24.1 Å². The number of hydrogen-bond donors (Lipinski definition) is 2. The Bertz CT molecular complexity index is 1110. The molecule has 206 valence electrons. The molecule has 3 aliphatic heterocycles. The van der Waals surface area contributed by atoms with Crippen LogP contribution in [0, 0.1) is 5.41 Å². The third-order valence-corrected chi connectivity index (χ3v) is 6.92. The van der Waals surface area contributed by atoms with Crippen LogP contribution in [0.3, 0.4) is 0 Å². The van der Waals surface area contributed by atoms with Gasteiger partial charge in [0.05, 0.1) is 19.7 Å². The highest BCUT2D eigenvalue weighted by Crippen LogP contribution is 2.33. The number of hydrogen-bond acceptors (Lipinski definition) is 7. The summed E-state index contributed by atoms with van der Waals surface area (Å²) in [5.41, 5.74) is 1.13. The van der Waals surface area contributed by atoms with Crippen LogP contribution in [0.25, 0.3) is 0 Å². The van der Waals surface area contributed by atoms with Gasteiger partial charge >= 0.3 is 18.2 Å². The maximum Gasteiger partial charge on any atom is 0.410 e. The second-order valence-electron chi connectivity index (χ2n) is 10.8. The van der Waals surface area contributed by atoms with Gasteiger partial charge in [-0.2, -0.15) is 0 Å². The fraction of sp³-hybridized carbons (Fsp3) is 0.556. The molecule has 3 heterocycles. The molecule has 3 aliphatic rings. The molecule has 0 saturated carbocycles. The Balaban J connectivity index is 1.57. The molecule has 1 saturated heterocycles. The zero-order chi connectivity index (χ0) is 27.4. The molecular weight excluding hydrogens is 494 g/mol. The average molecular weight is 530 g/mol. The van der Waals surface area contributed by atoms with E-state index in [-0.39, 0.29) is 19.6 Å². The van der Waals surface area contributed by atoms with E-state index >= 15 is 0 Å². The number of aliphatic carboxylic acids is 1. The molecule has 1 aromatic rings. The summed E-state index contributed by atoms with van der Waals surface area (Å²) in [6.07, 6.45) is 2.89. The first-order chi connectivity index (χ1) is 18.0. The standard InChI is InChI=1S/C27H35N3O8/c1-27(2,3)22-23(31)30-15-18(13-20(30)24(32)33)38-26(35)29-14-17-9-8-10-21(19(17)16-29)36-11-6-4-5-7-12-37-25(34)28-22/h4,6,8-10,18,20,22H,5,7,11-16H2,1-3H3,(H,28,34)(H,32,33)/b6-4+/t18-,20?,22-/m1/s1. The number of amides is 3. The maximum atomic E-state index is 13.6. The van der Waals surface area contributed by atoms with Gasteiger partial charge in [-0.05, 0) is 29.9 Å². The largest absolute Gasteiger partial charge is 0.489 e. The Hall–Kier alpha value is -3.76. The smallest absolute Gasteiger partial charge is 0.410 e. The fourth-order valence-electron chi connectivity index (χ4n) is 4.90. The molecule has 4 bridgehead atoms. The average Bonchev–Trinajstić information content (AvgIpc) is 3.47. The Morgan fingerprint density at radius 3 is 2.63 bits per heavy atom. The SMILES string of the molecule is CC(C)(C)[C@@H]1NC(=O)OCCC/C=C/COc2cccc3c2CN(C3)C(=O)O[C@@H]2CC(C(=O)O)N(C2)C1=O. The van der Waals surface area contributed by atoms with Crippen molar-refractivity contribution in [2.24, 2.45) is 5.41 Å². The summed E-state index contributed by atoms with van der Waals surface area (Å²) in [5, 5.41) is 12.4. The van der Waals surface area contributed by atoms with E-state index in [1.54, 1.807) is 20.8 Å². The number of carboxylic acid groups (broad SMARTS) is 1. The zero-order valence-electron chi connectivity index (χ0n) is 22.0. The van der Waals surface area contributed by atoms with E-state index in [1.807, 2.05) is 30.4 Å². The van der Waals surface area contributed by atoms with Gasteiger partial charge < -0.3 is 29.5 Å². The number of carbonyl (C=O) groups is 4. The van der Waals surface area contributed by atoms with Crippen LogP contribution >= 0.6 is 0 Å². The van der Waals surface area contributed by atoms with E-state index in [0.29, 0.717) is 38.3 Å². The molecule has 3 amide bonds. The Labute approximate surface area is 221 Å². The maximum absolute atomic E-state index is 13.6. The summed E-state index contributed by atoms with van der Waals surface area (Å²) in [7, 11) is 0. The van der Waals surface area contributed by atoms with Crippen LogP contribution in [0.1, 0.15) is 51.2 Å². The van der Waals surface area contributed by atoms with Crippen LogP contribution in [0.4, 0.5) is 9.59 Å². The van der Waals surface area contributed by atoms with Crippen molar-refractivity contribution in [3.8, 4) is 5.75 Å². The van der Waals surface area contributed by atoms with Crippen molar-refractivity contribution in [3.63, 3.8) is 0 Å². The lowest BCUT2D eigenvalue weighted by Gasteiger charge is -2.34. The molecule has 3 atom stereocenters. The molecule has 1 fully saturated rings. The molecule has 0 aromatic heterocycles. The number of cyclic esters (lactones) is 1. The van der Waals surface area contributed by atoms with Crippen molar-refractivity contribution in [2.75, 3.05) is 19.8 Å². The number of ether oxygens (including phenoxy) is 3. The van der Waals surface area contributed by atoms with E-state index in [4.69, 9.17) is 14.2 Å². The number of nitrogens with one attached hydrogen (secondary N) is 1. The number of nitrogens with zero attached hydrogens (tertiary/aromatic N) is 2. The predicted molar refractivity (Wildman–Crippen MR) is 135 cm³/mol. The second kappa shape index (κ2) is 11.3. The summed E-state index contributed by atoms with van der Waals surface area (Å²) >= 11 is 0. The lowest BCUT2D eigenvalue weighted by Crippen LogP contribution is -2.57. The van der Waals surface area contributed by atoms with Crippen LogP contribution in [-0.2, 0) is 32.2 Å². The third kappa shape index (κ3) is 6.20. The molecule has 0 aliphatic carbocycles. The fourth-order valence-corrected chi connectivity index (χ4v) is 4.90. The molecule has 4 rings (SSSR count). The predicted octanol–water partition coefficient (Wildman–Crippen LogP) is 3.06. The summed E-state index contributed by atoms with van der Waals surface area (Å²) in [4.78, 5) is 53.8. The second-order valence-corrected chi connectivity index (χ2v) is 10.8. The number of benzene rings is 1. The Morgan fingerprint density at radius 1 is 1.11 bits per heavy atom. The number of rotatable bonds is 1. The van der Waals surface area contributed by atoms with Gasteiger partial charge in [-0.15, -0.1) is 0 Å². The minimum Gasteiger partial charge on any atom is -0.489 e. The molecule has 0 radical (unpaired) electrons. The van der Waals surface area contributed by atoms with Crippen molar-refractivity contribution in [3.05, 3.63) is 41.5 Å². The Kier molecular flexibility index (Phi) is 8.13. The van der Waals surface area contributed by atoms with Crippen LogP contribution < -0.4 is 10.1 Å². The summed E-state index contributed by atoms with van der Waals surface area (Å²) in [6.45, 7) is 6.38. The van der Waals surface area contributed by atoms with Gasteiger partial charge in [0.1, 0.15) is 30.5 Å². The highest BCUT2D eigenvalue weighted by molar-refractivity contribution is 5.90. The lowest BCUT2D eigenvalue weighted by molar-refractivity contribution is -0.150. The van der Waals surface area contributed by atoms with Crippen molar-refractivity contribution in [1.29, 1.82) is 0 Å². The Morgan fingerprint density at radius 2 is 1.89 bits per heavy atom. The van der Waals surface area contributed by atoms with Crippen LogP contribution in [-0.4, -0.2) is 76.9 Å². The number of alkyl carbamates (subject to hydrolysis) is 1. The minimum atomic E-state index is -1.20. The number of carbonyl (C=O) groups excluding carboxylic acids is 3.